The standard InChI is InChI=1S/C16H25N3O2.HI/c1-20-14-7-3-12(4-8-14)11-18-16(17)19-13-5-9-15(21-2)10-6-13;/h5-6,9-10,12,14H,3-4,7-8,11H2,1-2H3,(H3,17,18,19);1H. The highest BCUT2D eigenvalue weighted by Crippen LogP contribution is 2.26. The lowest BCUT2D eigenvalue weighted by atomic mass is 9.87. The zero-order chi connectivity index (χ0) is 15.1. The molecule has 0 aromatic heterocycles. The van der Waals surface area contributed by atoms with Gasteiger partial charge in [0.1, 0.15) is 5.75 Å². The van der Waals surface area contributed by atoms with Crippen molar-refractivity contribution in [1.82, 2.24) is 0 Å². The van der Waals surface area contributed by atoms with E-state index in [2.05, 4.69) is 10.3 Å². The maximum atomic E-state index is 5.93. The van der Waals surface area contributed by atoms with Crippen molar-refractivity contribution in [1.29, 1.82) is 0 Å². The lowest BCUT2D eigenvalue weighted by molar-refractivity contribution is 0.0581. The molecule has 0 heterocycles. The summed E-state index contributed by atoms with van der Waals surface area (Å²) in [7, 11) is 3.44. The zero-order valence-electron chi connectivity index (χ0n) is 13.2. The van der Waals surface area contributed by atoms with Crippen LogP contribution in [0, 0.1) is 5.92 Å². The summed E-state index contributed by atoms with van der Waals surface area (Å²) in [6.45, 7) is 0.783. The number of nitrogens with two attached hydrogens (primary N) is 1. The Kier molecular flexibility index (Phi) is 8.55. The third kappa shape index (κ3) is 6.00. The molecule has 1 aliphatic carbocycles. The Morgan fingerprint density at radius 3 is 2.36 bits per heavy atom. The third-order valence-corrected chi connectivity index (χ3v) is 4.01. The first kappa shape index (κ1) is 19.0. The number of hydrogen-bond donors (Lipinski definition) is 2. The number of methoxy groups -OCH3 is 2. The Balaban J connectivity index is 0.00000242. The van der Waals surface area contributed by atoms with Gasteiger partial charge >= 0.3 is 0 Å². The number of hydrogen-bond acceptors (Lipinski definition) is 3. The number of ether oxygens (including phenoxy) is 2. The topological polar surface area (TPSA) is 68.9 Å². The maximum Gasteiger partial charge on any atom is 0.193 e. The van der Waals surface area contributed by atoms with Crippen LogP contribution in [-0.2, 0) is 4.74 Å². The largest absolute Gasteiger partial charge is 0.497 e. The number of nitrogens with zero attached hydrogens (tertiary/aromatic N) is 1. The van der Waals surface area contributed by atoms with Gasteiger partial charge in [0.15, 0.2) is 5.96 Å². The minimum Gasteiger partial charge on any atom is -0.497 e. The van der Waals surface area contributed by atoms with Crippen LogP contribution in [0.1, 0.15) is 25.7 Å². The summed E-state index contributed by atoms with van der Waals surface area (Å²) in [4.78, 5) is 4.45. The molecule has 0 spiro atoms. The zero-order valence-corrected chi connectivity index (χ0v) is 15.6. The first-order valence-electron chi connectivity index (χ1n) is 7.45. The Hall–Kier alpha value is -1.02. The molecule has 1 aliphatic rings. The van der Waals surface area contributed by atoms with E-state index in [0.717, 1.165) is 43.7 Å². The van der Waals surface area contributed by atoms with Crippen LogP contribution in [0.5, 0.6) is 5.75 Å². The summed E-state index contributed by atoms with van der Waals surface area (Å²) in [5.74, 6) is 1.91. The van der Waals surface area contributed by atoms with Crippen molar-refractivity contribution in [3.05, 3.63) is 24.3 Å². The minimum absolute atomic E-state index is 0. The summed E-state index contributed by atoms with van der Waals surface area (Å²) >= 11 is 0. The van der Waals surface area contributed by atoms with Crippen LogP contribution in [0.4, 0.5) is 5.69 Å². The molecule has 1 fully saturated rings. The number of rotatable bonds is 5. The maximum absolute atomic E-state index is 5.93. The normalized spacial score (nSPS) is 21.8. The van der Waals surface area contributed by atoms with Gasteiger partial charge in [-0.3, -0.25) is 4.99 Å². The molecule has 1 aromatic rings. The monoisotopic (exact) mass is 419 g/mol. The van der Waals surface area contributed by atoms with Gasteiger partial charge in [-0.2, -0.15) is 0 Å². The molecule has 124 valence electrons. The number of guanidine groups is 1. The van der Waals surface area contributed by atoms with Gasteiger partial charge in [-0.15, -0.1) is 24.0 Å². The van der Waals surface area contributed by atoms with Crippen LogP contribution in [-0.4, -0.2) is 32.8 Å². The van der Waals surface area contributed by atoms with Crippen LogP contribution in [0.25, 0.3) is 0 Å². The SMILES string of the molecule is COc1ccc(NC(N)=NCC2CCC(OC)CC2)cc1.I. The highest BCUT2D eigenvalue weighted by molar-refractivity contribution is 14.0. The fraction of sp³-hybridized carbons (Fsp3) is 0.562. The lowest BCUT2D eigenvalue weighted by Gasteiger charge is -2.26. The molecule has 0 unspecified atom stereocenters. The second kappa shape index (κ2) is 9.89. The molecule has 0 saturated heterocycles. The predicted octanol–water partition coefficient (Wildman–Crippen LogP) is 3.25. The molecule has 6 heteroatoms. The van der Waals surface area contributed by atoms with E-state index in [1.165, 1.54) is 0 Å². The van der Waals surface area contributed by atoms with Gasteiger partial charge < -0.3 is 20.5 Å². The van der Waals surface area contributed by atoms with Crippen LogP contribution in [0.15, 0.2) is 29.3 Å². The highest BCUT2D eigenvalue weighted by Gasteiger charge is 2.20. The summed E-state index contributed by atoms with van der Waals surface area (Å²) < 4.78 is 10.5. The van der Waals surface area contributed by atoms with Crippen molar-refractivity contribution in [2.24, 2.45) is 16.6 Å². The van der Waals surface area contributed by atoms with Gasteiger partial charge in [0.2, 0.25) is 0 Å². The number of anilines is 1. The Bertz CT molecular complexity index is 457. The molecule has 1 saturated carbocycles. The summed E-state index contributed by atoms with van der Waals surface area (Å²) in [6, 6.07) is 7.62. The van der Waals surface area contributed by atoms with Gasteiger partial charge in [0.05, 0.1) is 13.2 Å². The number of nitrogens with one attached hydrogen (secondary N) is 1. The van der Waals surface area contributed by atoms with Crippen LogP contribution in [0.2, 0.25) is 0 Å². The molecule has 2 rings (SSSR count). The second-order valence-corrected chi connectivity index (χ2v) is 5.46. The minimum atomic E-state index is 0. The van der Waals surface area contributed by atoms with Gasteiger partial charge in [0, 0.05) is 19.3 Å². The number of aliphatic imine (C=N–C) groups is 1. The van der Waals surface area contributed by atoms with Gasteiger partial charge in [-0.1, -0.05) is 0 Å². The fourth-order valence-electron chi connectivity index (χ4n) is 2.64. The van der Waals surface area contributed by atoms with Gasteiger partial charge in [0.25, 0.3) is 0 Å². The van der Waals surface area contributed by atoms with E-state index < -0.39 is 0 Å². The van der Waals surface area contributed by atoms with Gasteiger partial charge in [-0.05, 0) is 55.9 Å². The first-order valence-corrected chi connectivity index (χ1v) is 7.45. The molecule has 0 radical (unpaired) electrons. The molecule has 1 aromatic carbocycles. The van der Waals surface area contributed by atoms with Crippen molar-refractivity contribution >= 4 is 35.6 Å². The summed E-state index contributed by atoms with van der Waals surface area (Å²) in [5, 5.41) is 3.10. The summed E-state index contributed by atoms with van der Waals surface area (Å²) in [5.41, 5.74) is 6.85. The quantitative estimate of drug-likeness (QED) is 0.437. The lowest BCUT2D eigenvalue weighted by Crippen LogP contribution is -2.26. The van der Waals surface area contributed by atoms with Crippen molar-refractivity contribution in [2.45, 2.75) is 31.8 Å². The Morgan fingerprint density at radius 1 is 1.18 bits per heavy atom. The molecule has 0 aliphatic heterocycles. The molecule has 0 atom stereocenters. The Labute approximate surface area is 149 Å². The van der Waals surface area contributed by atoms with Crippen molar-refractivity contribution in [2.75, 3.05) is 26.1 Å². The van der Waals surface area contributed by atoms with E-state index >= 15 is 0 Å². The van der Waals surface area contributed by atoms with Crippen molar-refractivity contribution in [3.63, 3.8) is 0 Å². The third-order valence-electron chi connectivity index (χ3n) is 4.01. The second-order valence-electron chi connectivity index (χ2n) is 5.46. The summed E-state index contributed by atoms with van der Waals surface area (Å²) in [6.07, 6.45) is 5.01. The number of benzene rings is 1. The smallest absolute Gasteiger partial charge is 0.193 e. The van der Waals surface area contributed by atoms with Crippen LogP contribution in [0.3, 0.4) is 0 Å². The van der Waals surface area contributed by atoms with E-state index in [0.29, 0.717) is 18.0 Å². The highest BCUT2D eigenvalue weighted by atomic mass is 127. The fourth-order valence-corrected chi connectivity index (χ4v) is 2.64. The number of halogens is 1. The van der Waals surface area contributed by atoms with Crippen LogP contribution < -0.4 is 15.8 Å². The molecule has 0 bridgehead atoms. The van der Waals surface area contributed by atoms with E-state index in [9.17, 15) is 0 Å². The molecule has 22 heavy (non-hydrogen) atoms. The molecule has 0 amide bonds. The van der Waals surface area contributed by atoms with E-state index in [1.54, 1.807) is 14.2 Å². The first-order chi connectivity index (χ1) is 10.2. The van der Waals surface area contributed by atoms with E-state index in [-0.39, 0.29) is 24.0 Å². The average molecular weight is 419 g/mol. The molecular formula is C16H26IN3O2. The van der Waals surface area contributed by atoms with Gasteiger partial charge in [-0.25, -0.2) is 0 Å². The molecule has 5 nitrogen and oxygen atoms in total. The Morgan fingerprint density at radius 2 is 1.82 bits per heavy atom. The predicted molar refractivity (Wildman–Crippen MR) is 101 cm³/mol. The molecular weight excluding hydrogens is 393 g/mol. The van der Waals surface area contributed by atoms with E-state index in [4.69, 9.17) is 15.2 Å². The van der Waals surface area contributed by atoms with Crippen LogP contribution >= 0.6 is 24.0 Å². The van der Waals surface area contributed by atoms with E-state index in [1.807, 2.05) is 24.3 Å². The van der Waals surface area contributed by atoms with Crippen molar-refractivity contribution < 1.29 is 9.47 Å². The van der Waals surface area contributed by atoms with Crippen molar-refractivity contribution in [3.8, 4) is 5.75 Å². The molecule has 3 N–H and O–H groups in total. The average Bonchev–Trinajstić information content (AvgIpc) is 2.54.